The number of halogens is 1. The number of aliphatic carboxylic acids is 1. The number of amides is 1. The van der Waals surface area contributed by atoms with E-state index in [1.54, 1.807) is 30.3 Å². The average molecular weight is 387 g/mol. The van der Waals surface area contributed by atoms with Crippen molar-refractivity contribution >= 4 is 46.4 Å². The van der Waals surface area contributed by atoms with Gasteiger partial charge in [0.25, 0.3) is 0 Å². The predicted octanol–water partition coefficient (Wildman–Crippen LogP) is 2.62. The molecule has 0 atom stereocenters. The summed E-state index contributed by atoms with van der Waals surface area (Å²) in [5.74, 6) is -3.30. The fraction of sp³-hybridized carbons (Fsp3) is 0.105. The van der Waals surface area contributed by atoms with Crippen LogP contribution in [0.2, 0.25) is 5.02 Å². The van der Waals surface area contributed by atoms with E-state index in [4.69, 9.17) is 16.7 Å². The van der Waals surface area contributed by atoms with Crippen molar-refractivity contribution in [3.8, 4) is 0 Å². The van der Waals surface area contributed by atoms with Crippen LogP contribution in [0.4, 0.5) is 5.69 Å². The van der Waals surface area contributed by atoms with Gasteiger partial charge in [0.2, 0.25) is 5.91 Å². The van der Waals surface area contributed by atoms with Gasteiger partial charge < -0.3 is 10.4 Å². The van der Waals surface area contributed by atoms with Crippen LogP contribution >= 0.6 is 11.6 Å². The Kier molecular flexibility index (Phi) is 6.56. The fourth-order valence-electron chi connectivity index (χ4n) is 2.23. The third kappa shape index (κ3) is 5.32. The number of rotatable bonds is 7. The Balaban J connectivity index is 2.25. The number of nitrogens with zero attached hydrogens (tertiary/aromatic N) is 1. The zero-order valence-corrected chi connectivity index (χ0v) is 15.0. The first-order valence-electron chi connectivity index (χ1n) is 7.77. The fourth-order valence-corrected chi connectivity index (χ4v) is 2.40. The van der Waals surface area contributed by atoms with E-state index in [0.29, 0.717) is 10.6 Å². The molecular formula is C19H15ClN2O5. The molecule has 2 N–H and O–H groups in total. The van der Waals surface area contributed by atoms with Crippen LogP contribution in [0, 0.1) is 0 Å². The van der Waals surface area contributed by atoms with Gasteiger partial charge in [-0.15, -0.1) is 0 Å². The number of anilines is 1. The van der Waals surface area contributed by atoms with Crippen LogP contribution in [0.25, 0.3) is 0 Å². The number of carbonyl (C=O) groups is 4. The number of carboxylic acid groups (broad SMARTS) is 1. The second-order valence-electron chi connectivity index (χ2n) is 5.46. The van der Waals surface area contributed by atoms with E-state index < -0.39 is 29.9 Å². The molecular weight excluding hydrogens is 372 g/mol. The molecule has 0 unspecified atom stereocenters. The van der Waals surface area contributed by atoms with Crippen molar-refractivity contribution < 1.29 is 24.3 Å². The van der Waals surface area contributed by atoms with Gasteiger partial charge in [-0.25, -0.2) is 4.79 Å². The van der Waals surface area contributed by atoms with Gasteiger partial charge in [-0.05, 0) is 18.2 Å². The van der Waals surface area contributed by atoms with Crippen molar-refractivity contribution in [3.05, 3.63) is 64.7 Å². The first kappa shape index (κ1) is 20.0. The van der Waals surface area contributed by atoms with Gasteiger partial charge in [0.1, 0.15) is 6.54 Å². The summed E-state index contributed by atoms with van der Waals surface area (Å²) in [5.41, 5.74) is 0.0732. The van der Waals surface area contributed by atoms with Crippen LogP contribution in [-0.4, -0.2) is 40.8 Å². The minimum Gasteiger partial charge on any atom is -0.476 e. The van der Waals surface area contributed by atoms with Crippen molar-refractivity contribution in [2.45, 2.75) is 6.92 Å². The van der Waals surface area contributed by atoms with Crippen LogP contribution in [0.5, 0.6) is 0 Å². The quantitative estimate of drug-likeness (QED) is 0.431. The molecule has 0 saturated heterocycles. The first-order chi connectivity index (χ1) is 12.8. The molecule has 0 aliphatic carbocycles. The maximum absolute atomic E-state index is 12.7. The van der Waals surface area contributed by atoms with Crippen molar-refractivity contribution in [1.29, 1.82) is 0 Å². The molecule has 1 amide bonds. The summed E-state index contributed by atoms with van der Waals surface area (Å²) >= 11 is 5.97. The predicted molar refractivity (Wildman–Crippen MR) is 101 cm³/mol. The number of nitrogens with one attached hydrogen (secondary N) is 1. The Morgan fingerprint density at radius 3 is 2.33 bits per heavy atom. The van der Waals surface area contributed by atoms with Crippen molar-refractivity contribution in [1.82, 2.24) is 0 Å². The van der Waals surface area contributed by atoms with Crippen LogP contribution in [-0.2, 0) is 14.4 Å². The molecule has 2 aromatic rings. The Hall–Kier alpha value is -3.32. The van der Waals surface area contributed by atoms with Gasteiger partial charge in [0.15, 0.2) is 17.3 Å². The zero-order chi connectivity index (χ0) is 20.0. The molecule has 138 valence electrons. The molecule has 7 nitrogen and oxygen atoms in total. The van der Waals surface area contributed by atoms with Crippen molar-refractivity contribution in [3.63, 3.8) is 0 Å². The van der Waals surface area contributed by atoms with E-state index >= 15 is 0 Å². The lowest BCUT2D eigenvalue weighted by molar-refractivity contribution is -0.130. The second-order valence-corrected chi connectivity index (χ2v) is 5.90. The van der Waals surface area contributed by atoms with Gasteiger partial charge in [0.05, 0.1) is 5.69 Å². The molecule has 2 rings (SSSR count). The normalized spacial score (nSPS) is 11.0. The summed E-state index contributed by atoms with van der Waals surface area (Å²) in [6.45, 7) is 0.462. The topological polar surface area (TPSA) is 113 Å². The van der Waals surface area contributed by atoms with E-state index in [1.165, 1.54) is 18.2 Å². The van der Waals surface area contributed by atoms with Crippen molar-refractivity contribution in [2.24, 2.45) is 4.99 Å². The Bertz CT molecular complexity index is 922. The van der Waals surface area contributed by atoms with Gasteiger partial charge in [-0.2, -0.15) is 0 Å². The highest BCUT2D eigenvalue weighted by atomic mass is 35.5. The van der Waals surface area contributed by atoms with Gasteiger partial charge in [0, 0.05) is 23.1 Å². The molecule has 0 aliphatic heterocycles. The molecule has 0 aliphatic rings. The molecule has 8 heteroatoms. The lowest BCUT2D eigenvalue weighted by atomic mass is 10.0. The van der Waals surface area contributed by atoms with Gasteiger partial charge >= 0.3 is 5.97 Å². The largest absolute Gasteiger partial charge is 0.476 e. The molecule has 0 fully saturated rings. The molecule has 0 saturated carbocycles. The minimum atomic E-state index is -1.51. The Morgan fingerprint density at radius 1 is 1.07 bits per heavy atom. The highest BCUT2D eigenvalue weighted by Crippen LogP contribution is 2.23. The number of carbonyl (C=O) groups excluding carboxylic acids is 3. The minimum absolute atomic E-state index is 0.177. The van der Waals surface area contributed by atoms with Gasteiger partial charge in [-0.3, -0.25) is 19.4 Å². The molecule has 27 heavy (non-hydrogen) atoms. The summed E-state index contributed by atoms with van der Waals surface area (Å²) in [6.07, 6.45) is 0. The van der Waals surface area contributed by atoms with Gasteiger partial charge in [-0.1, -0.05) is 41.9 Å². The molecule has 0 spiro atoms. The molecule has 0 radical (unpaired) electrons. The van der Waals surface area contributed by atoms with E-state index in [0.717, 1.165) is 6.92 Å². The summed E-state index contributed by atoms with van der Waals surface area (Å²) in [6, 6.07) is 12.8. The number of benzene rings is 2. The summed E-state index contributed by atoms with van der Waals surface area (Å²) in [7, 11) is 0. The summed E-state index contributed by atoms with van der Waals surface area (Å²) in [4.78, 5) is 50.4. The lowest BCUT2D eigenvalue weighted by Gasteiger charge is -2.10. The maximum atomic E-state index is 12.7. The zero-order valence-electron chi connectivity index (χ0n) is 14.2. The van der Waals surface area contributed by atoms with E-state index in [9.17, 15) is 19.2 Å². The number of ketones is 2. The van der Waals surface area contributed by atoms with E-state index in [-0.39, 0.29) is 17.0 Å². The van der Waals surface area contributed by atoms with E-state index in [1.807, 2.05) is 0 Å². The lowest BCUT2D eigenvalue weighted by Crippen LogP contribution is -2.24. The Labute approximate surface area is 159 Å². The number of hydrogen-bond donors (Lipinski definition) is 2. The molecule has 0 bridgehead atoms. The Morgan fingerprint density at radius 2 is 1.74 bits per heavy atom. The van der Waals surface area contributed by atoms with Crippen LogP contribution in [0.1, 0.15) is 22.8 Å². The first-order valence-corrected chi connectivity index (χ1v) is 8.15. The molecule has 0 aromatic heterocycles. The summed E-state index contributed by atoms with van der Waals surface area (Å²) in [5, 5.41) is 11.7. The number of hydrogen-bond acceptors (Lipinski definition) is 5. The average Bonchev–Trinajstić information content (AvgIpc) is 2.63. The smallest absolute Gasteiger partial charge is 0.357 e. The third-order valence-electron chi connectivity index (χ3n) is 3.45. The van der Waals surface area contributed by atoms with Crippen LogP contribution in [0.15, 0.2) is 53.5 Å². The third-order valence-corrected chi connectivity index (χ3v) is 3.69. The van der Waals surface area contributed by atoms with E-state index in [2.05, 4.69) is 10.3 Å². The number of Topliss-reactive ketones (excluding diaryl/α,β-unsaturated/α-hetero) is 1. The highest BCUT2D eigenvalue weighted by Gasteiger charge is 2.18. The maximum Gasteiger partial charge on any atom is 0.357 e. The van der Waals surface area contributed by atoms with Crippen LogP contribution in [0.3, 0.4) is 0 Å². The monoisotopic (exact) mass is 386 g/mol. The number of carboxylic acids is 1. The number of aliphatic imine (C=N–C) groups is 1. The molecule has 2 aromatic carbocycles. The molecule has 0 heterocycles. The summed E-state index contributed by atoms with van der Waals surface area (Å²) < 4.78 is 0. The second kappa shape index (κ2) is 8.86. The standard InChI is InChI=1S/C19H15ClN2O5/c1-11(23)17(19(26)27)21-10-16(24)22-15-8-7-13(20)9-14(15)18(25)12-5-3-2-4-6-12/h2-9H,10H2,1H3,(H,22,24)(H,26,27). The van der Waals surface area contributed by atoms with Crippen molar-refractivity contribution in [2.75, 3.05) is 11.9 Å². The highest BCUT2D eigenvalue weighted by molar-refractivity contribution is 6.63. The van der Waals surface area contributed by atoms with Crippen LogP contribution < -0.4 is 5.32 Å². The SMILES string of the molecule is CC(=O)C(=NCC(=O)Nc1ccc(Cl)cc1C(=O)c1ccccc1)C(=O)O.